The summed E-state index contributed by atoms with van der Waals surface area (Å²) in [4.78, 5) is 2.57. The van der Waals surface area contributed by atoms with Crippen LogP contribution in [0, 0.1) is 0 Å². The van der Waals surface area contributed by atoms with E-state index in [0.29, 0.717) is 0 Å². The second-order valence-corrected chi connectivity index (χ2v) is 19.2. The summed E-state index contributed by atoms with van der Waals surface area (Å²) in [5.74, 6) is 0. The van der Waals surface area contributed by atoms with Crippen LogP contribution in [0.1, 0.15) is 22.3 Å². The van der Waals surface area contributed by atoms with Gasteiger partial charge in [0.2, 0.25) is 0 Å². The van der Waals surface area contributed by atoms with Crippen LogP contribution in [0.4, 0.5) is 17.1 Å². The van der Waals surface area contributed by atoms with Gasteiger partial charge in [-0.2, -0.15) is 0 Å². The van der Waals surface area contributed by atoms with Gasteiger partial charge in [0.25, 0.3) is 0 Å². The number of benzene rings is 9. The number of rotatable bonds is 1. The summed E-state index contributed by atoms with van der Waals surface area (Å²) in [6, 6.07) is 76.4. The van der Waals surface area contributed by atoms with E-state index in [2.05, 4.69) is 205 Å². The minimum Gasteiger partial charge on any atom is -0.310 e. The minimum atomic E-state index is -2.61. The molecule has 0 atom stereocenters. The number of para-hydroxylation sites is 2. The van der Waals surface area contributed by atoms with Crippen LogP contribution in [-0.2, 0) is 5.41 Å². The molecule has 0 radical (unpaired) electrons. The third-order valence-electron chi connectivity index (χ3n) is 13.2. The topological polar surface area (TPSA) is 3.24 Å². The fourth-order valence-electron chi connectivity index (χ4n) is 11.3. The molecule has 0 fully saturated rings. The average molecular weight is 712 g/mol. The Hall–Kier alpha value is -6.74. The largest absolute Gasteiger partial charge is 0.310 e. The van der Waals surface area contributed by atoms with E-state index >= 15 is 0 Å². The fourth-order valence-corrected chi connectivity index (χ4v) is 16.9. The molecule has 1 aliphatic carbocycles. The molecule has 9 aromatic rings. The van der Waals surface area contributed by atoms with Crippen molar-refractivity contribution in [2.45, 2.75) is 5.41 Å². The molecule has 2 heteroatoms. The Bertz CT molecular complexity index is 3020. The number of hydrogen-bond donors (Lipinski definition) is 0. The molecule has 1 nitrogen and oxygen atoms in total. The van der Waals surface area contributed by atoms with Gasteiger partial charge < -0.3 is 4.90 Å². The second-order valence-electron chi connectivity index (χ2n) is 15.5. The van der Waals surface area contributed by atoms with Crippen molar-refractivity contribution in [2.75, 3.05) is 4.90 Å². The lowest BCUT2D eigenvalue weighted by Gasteiger charge is -2.45. The summed E-state index contributed by atoms with van der Waals surface area (Å²) in [6.45, 7) is 0. The first-order chi connectivity index (χ1) is 27.3. The average Bonchev–Trinajstić information content (AvgIpc) is 3.83. The SMILES string of the molecule is c1ccc2c(c1)-c1cc3ccccc3cc1C21c2ccccc2N(c2ccc3c(c2)[Si]2(c4ccccc4-c4ccccc42)c2ccccc2-3)c2ccccc21. The zero-order valence-corrected chi connectivity index (χ0v) is 31.0. The number of fused-ring (bicyclic) bond motifs is 20. The molecule has 0 aromatic heterocycles. The lowest BCUT2D eigenvalue weighted by molar-refractivity contribution is 0.753. The Kier molecular flexibility index (Phi) is 5.65. The van der Waals surface area contributed by atoms with Crippen LogP contribution in [0.3, 0.4) is 0 Å². The lowest BCUT2D eigenvalue weighted by atomic mass is 9.64. The summed E-state index contributed by atoms with van der Waals surface area (Å²) in [5, 5.41) is 8.55. The minimum absolute atomic E-state index is 0.466. The van der Waals surface area contributed by atoms with Gasteiger partial charge in [-0.15, -0.1) is 0 Å². The lowest BCUT2D eigenvalue weighted by Crippen LogP contribution is -2.70. The van der Waals surface area contributed by atoms with Gasteiger partial charge in [0.05, 0.1) is 16.8 Å². The molecule has 3 heterocycles. The summed E-state index contributed by atoms with van der Waals surface area (Å²) in [7, 11) is -2.61. The summed E-state index contributed by atoms with van der Waals surface area (Å²) >= 11 is 0. The van der Waals surface area contributed by atoms with Crippen molar-refractivity contribution in [1.29, 1.82) is 0 Å². The zero-order valence-electron chi connectivity index (χ0n) is 30.0. The van der Waals surface area contributed by atoms with Crippen LogP contribution in [0.5, 0.6) is 0 Å². The molecule has 0 bridgehead atoms. The Morgan fingerprint density at radius 3 is 1.36 bits per heavy atom. The first kappa shape index (κ1) is 29.7. The van der Waals surface area contributed by atoms with Crippen LogP contribution >= 0.6 is 0 Å². The van der Waals surface area contributed by atoms with E-state index in [-0.39, 0.29) is 0 Å². The van der Waals surface area contributed by atoms with E-state index in [1.54, 1.807) is 0 Å². The van der Waals surface area contributed by atoms with E-state index in [1.807, 2.05) is 0 Å². The van der Waals surface area contributed by atoms with Gasteiger partial charge in [-0.05, 0) is 124 Å². The quantitative estimate of drug-likeness (QED) is 0.153. The van der Waals surface area contributed by atoms with Gasteiger partial charge in [0, 0.05) is 5.69 Å². The van der Waals surface area contributed by atoms with Gasteiger partial charge >= 0.3 is 0 Å². The smallest absolute Gasteiger partial charge is 0.182 e. The van der Waals surface area contributed by atoms with Crippen LogP contribution < -0.4 is 25.6 Å². The van der Waals surface area contributed by atoms with Crippen molar-refractivity contribution in [2.24, 2.45) is 0 Å². The summed E-state index contributed by atoms with van der Waals surface area (Å²) in [6.07, 6.45) is 0. The van der Waals surface area contributed by atoms with Crippen LogP contribution in [0.15, 0.2) is 200 Å². The van der Waals surface area contributed by atoms with Crippen LogP contribution in [-0.4, -0.2) is 8.07 Å². The number of anilines is 3. The molecule has 13 rings (SSSR count). The molecule has 0 amide bonds. The maximum absolute atomic E-state index is 2.61. The van der Waals surface area contributed by atoms with Gasteiger partial charge in [0.15, 0.2) is 8.07 Å². The molecule has 0 unspecified atom stereocenters. The molecule has 9 aromatic carbocycles. The van der Waals surface area contributed by atoms with Gasteiger partial charge in [-0.1, -0.05) is 164 Å². The van der Waals surface area contributed by atoms with Crippen LogP contribution in [0.25, 0.3) is 44.2 Å². The molecule has 3 aliphatic heterocycles. The third kappa shape index (κ3) is 3.46. The zero-order chi connectivity index (χ0) is 35.9. The van der Waals surface area contributed by atoms with E-state index in [9.17, 15) is 0 Å². The van der Waals surface area contributed by atoms with E-state index < -0.39 is 13.5 Å². The molecule has 2 spiro atoms. The first-order valence-electron chi connectivity index (χ1n) is 19.4. The summed E-state index contributed by atoms with van der Waals surface area (Å²) < 4.78 is 0. The molecule has 0 saturated heterocycles. The molecule has 0 N–H and O–H groups in total. The Labute approximate surface area is 321 Å². The van der Waals surface area contributed by atoms with Crippen molar-refractivity contribution < 1.29 is 0 Å². The molecule has 55 heavy (non-hydrogen) atoms. The standard InChI is InChI=1S/C53H33NSi/c1-2-16-35-32-46-42(31-34(35)15-1)37-17-3-7-21-43(37)53(46)44-22-8-10-24-47(44)54(48-25-11-9-23-45(48)53)36-29-30-41-40-20-6-14-28-51(40)55(52(41)33-36)49-26-12-4-18-38(49)39-19-5-13-27-50(39)55/h1-33H. The molecular weight excluding hydrogens is 679 g/mol. The highest BCUT2D eigenvalue weighted by atomic mass is 28.3. The first-order valence-corrected chi connectivity index (χ1v) is 21.4. The van der Waals surface area contributed by atoms with Gasteiger partial charge in [-0.3, -0.25) is 0 Å². The second kappa shape index (κ2) is 10.5. The van der Waals surface area contributed by atoms with Crippen LogP contribution in [0.2, 0.25) is 0 Å². The third-order valence-corrected chi connectivity index (χ3v) is 18.2. The normalized spacial score (nSPS) is 15.2. The van der Waals surface area contributed by atoms with Crippen molar-refractivity contribution in [1.82, 2.24) is 0 Å². The molecular formula is C53H33NSi. The van der Waals surface area contributed by atoms with E-state index in [4.69, 9.17) is 0 Å². The van der Waals surface area contributed by atoms with E-state index in [1.165, 1.54) is 104 Å². The predicted molar refractivity (Wildman–Crippen MR) is 231 cm³/mol. The highest BCUT2D eigenvalue weighted by molar-refractivity contribution is 7.24. The number of hydrogen-bond acceptors (Lipinski definition) is 1. The van der Waals surface area contributed by atoms with Crippen molar-refractivity contribution in [3.8, 4) is 33.4 Å². The summed E-state index contributed by atoms with van der Waals surface area (Å²) in [5.41, 5.74) is 16.8. The predicted octanol–water partition coefficient (Wildman–Crippen LogP) is 10.3. The molecule has 254 valence electrons. The maximum Gasteiger partial charge on any atom is 0.182 e. The number of nitrogens with zero attached hydrogens (tertiary/aromatic N) is 1. The Morgan fingerprint density at radius 2 is 0.764 bits per heavy atom. The highest BCUT2D eigenvalue weighted by Crippen LogP contribution is 2.63. The van der Waals surface area contributed by atoms with Gasteiger partial charge in [0.1, 0.15) is 0 Å². The molecule has 0 saturated carbocycles. The van der Waals surface area contributed by atoms with Gasteiger partial charge in [-0.25, -0.2) is 0 Å². The van der Waals surface area contributed by atoms with E-state index in [0.717, 1.165) is 0 Å². The fraction of sp³-hybridized carbons (Fsp3) is 0.0189. The Balaban J connectivity index is 1.11. The molecule has 4 aliphatic rings. The van der Waals surface area contributed by atoms with Crippen molar-refractivity contribution in [3.63, 3.8) is 0 Å². The monoisotopic (exact) mass is 711 g/mol. The Morgan fingerprint density at radius 1 is 0.309 bits per heavy atom. The highest BCUT2D eigenvalue weighted by Gasteiger charge is 2.55. The maximum atomic E-state index is 2.58. The van der Waals surface area contributed by atoms with Crippen molar-refractivity contribution in [3.05, 3.63) is 222 Å². The van der Waals surface area contributed by atoms with Crippen molar-refractivity contribution >= 4 is 56.7 Å².